The van der Waals surface area contributed by atoms with E-state index in [-0.39, 0.29) is 0 Å². The molecule has 1 aliphatic heterocycles. The number of carbonyl (C=O) groups is 1. The van der Waals surface area contributed by atoms with Crippen LogP contribution in [0.15, 0.2) is 36.4 Å². The molecule has 0 aliphatic carbocycles. The molecule has 0 atom stereocenters. The van der Waals surface area contributed by atoms with Crippen LogP contribution in [-0.4, -0.2) is 27.2 Å². The van der Waals surface area contributed by atoms with Gasteiger partial charge in [0.1, 0.15) is 5.52 Å². The number of nitrogens with zero attached hydrogens (tertiary/aromatic N) is 3. The maximum atomic E-state index is 10.9. The molecule has 0 fully saturated rings. The van der Waals surface area contributed by atoms with Gasteiger partial charge < -0.3 is 14.6 Å². The molecule has 0 unspecified atom stereocenters. The molecule has 0 amide bonds. The first-order valence-corrected chi connectivity index (χ1v) is 9.41. The second kappa shape index (κ2) is 7.08. The number of hydrogen-bond acceptors (Lipinski definition) is 3. The molecule has 1 N–H and O–H groups in total. The number of aryl methyl sites for hydroxylation is 1. The largest absolute Gasteiger partial charge is 0.478 e. The molecule has 0 saturated carbocycles. The van der Waals surface area contributed by atoms with Crippen LogP contribution in [0, 0.1) is 0 Å². The highest BCUT2D eigenvalue weighted by molar-refractivity contribution is 6.36. The Morgan fingerprint density at radius 2 is 1.93 bits per heavy atom. The number of fused-ring (bicyclic) bond motifs is 3. The molecule has 5 nitrogen and oxygen atoms in total. The van der Waals surface area contributed by atoms with E-state index in [1.807, 2.05) is 11.0 Å². The molecule has 27 heavy (non-hydrogen) atoms. The van der Waals surface area contributed by atoms with Crippen molar-refractivity contribution < 1.29 is 9.90 Å². The monoisotopic (exact) mass is 421 g/mol. The van der Waals surface area contributed by atoms with Crippen molar-refractivity contribution in [2.75, 3.05) is 11.4 Å². The first kappa shape index (κ1) is 18.2. The molecule has 1 aromatic heterocycles. The standard InChI is InChI=1S/C19H14Cl3N3O2/c20-12-4-6-15(14(22)10-12)24-8-1-9-25-18-11(3-7-16(26)27)2-5-13(21)17(18)23-19(24)25/h2-7,10H,1,8-9H2,(H,26,27)/b7-3+. The van der Waals surface area contributed by atoms with Crippen molar-refractivity contribution >= 4 is 69.5 Å². The third kappa shape index (κ3) is 3.27. The van der Waals surface area contributed by atoms with E-state index in [2.05, 4.69) is 4.57 Å². The molecule has 138 valence electrons. The molecule has 0 radical (unpaired) electrons. The molecule has 0 saturated heterocycles. The average molecular weight is 423 g/mol. The van der Waals surface area contributed by atoms with E-state index in [1.54, 1.807) is 30.3 Å². The third-order valence-corrected chi connectivity index (χ3v) is 5.31. The predicted molar refractivity (Wildman–Crippen MR) is 109 cm³/mol. The predicted octanol–water partition coefficient (Wildman–Crippen LogP) is 5.64. The summed E-state index contributed by atoms with van der Waals surface area (Å²) in [6, 6.07) is 8.89. The maximum absolute atomic E-state index is 10.9. The van der Waals surface area contributed by atoms with Gasteiger partial charge in [0.25, 0.3) is 0 Å². The number of imidazole rings is 1. The smallest absolute Gasteiger partial charge is 0.328 e. The Morgan fingerprint density at radius 1 is 1.11 bits per heavy atom. The lowest BCUT2D eigenvalue weighted by molar-refractivity contribution is -0.131. The van der Waals surface area contributed by atoms with Crippen molar-refractivity contribution in [2.45, 2.75) is 13.0 Å². The number of benzene rings is 2. The second-order valence-electron chi connectivity index (χ2n) is 6.17. The number of anilines is 2. The van der Waals surface area contributed by atoms with Gasteiger partial charge in [0, 0.05) is 29.8 Å². The van der Waals surface area contributed by atoms with Gasteiger partial charge in [-0.3, -0.25) is 0 Å². The Balaban J connectivity index is 1.92. The lowest BCUT2D eigenvalue weighted by Crippen LogP contribution is -2.28. The number of hydrogen-bond donors (Lipinski definition) is 1. The zero-order valence-corrected chi connectivity index (χ0v) is 16.3. The Bertz CT molecular complexity index is 1090. The fourth-order valence-electron chi connectivity index (χ4n) is 3.35. The summed E-state index contributed by atoms with van der Waals surface area (Å²) in [4.78, 5) is 17.7. The number of carboxylic acid groups (broad SMARTS) is 1. The van der Waals surface area contributed by atoms with E-state index in [1.165, 1.54) is 0 Å². The van der Waals surface area contributed by atoms with Gasteiger partial charge in [0.15, 0.2) is 0 Å². The number of carboxylic acids is 1. The van der Waals surface area contributed by atoms with Crippen LogP contribution in [-0.2, 0) is 11.3 Å². The first-order valence-electron chi connectivity index (χ1n) is 8.28. The fourth-order valence-corrected chi connectivity index (χ4v) is 4.06. The third-order valence-electron chi connectivity index (χ3n) is 4.47. The van der Waals surface area contributed by atoms with Crippen LogP contribution in [0.1, 0.15) is 12.0 Å². The highest BCUT2D eigenvalue weighted by atomic mass is 35.5. The zero-order valence-electron chi connectivity index (χ0n) is 14.0. The quantitative estimate of drug-likeness (QED) is 0.555. The van der Waals surface area contributed by atoms with Crippen molar-refractivity contribution in [3.63, 3.8) is 0 Å². The van der Waals surface area contributed by atoms with E-state index < -0.39 is 5.97 Å². The van der Waals surface area contributed by atoms with Gasteiger partial charge in [-0.05, 0) is 36.8 Å². The van der Waals surface area contributed by atoms with E-state index >= 15 is 0 Å². The summed E-state index contributed by atoms with van der Waals surface area (Å²) in [6.45, 7) is 1.50. The lowest BCUT2D eigenvalue weighted by Gasteiger charge is -2.30. The zero-order chi connectivity index (χ0) is 19.1. The van der Waals surface area contributed by atoms with E-state index in [0.29, 0.717) is 20.6 Å². The van der Waals surface area contributed by atoms with Crippen molar-refractivity contribution in [3.05, 3.63) is 57.0 Å². The van der Waals surface area contributed by atoms with Gasteiger partial charge in [-0.1, -0.05) is 40.9 Å². The number of aromatic nitrogens is 2. The number of rotatable bonds is 3. The minimum absolute atomic E-state index is 0.515. The average Bonchev–Trinajstić information content (AvgIpc) is 3.02. The highest BCUT2D eigenvalue weighted by Crippen LogP contribution is 2.39. The molecule has 0 bridgehead atoms. The van der Waals surface area contributed by atoms with Gasteiger partial charge in [-0.2, -0.15) is 0 Å². The van der Waals surface area contributed by atoms with Crippen LogP contribution >= 0.6 is 34.8 Å². The first-order chi connectivity index (χ1) is 13.0. The van der Waals surface area contributed by atoms with Gasteiger partial charge >= 0.3 is 5.97 Å². The van der Waals surface area contributed by atoms with E-state index in [9.17, 15) is 4.79 Å². The topological polar surface area (TPSA) is 58.4 Å². The summed E-state index contributed by atoms with van der Waals surface area (Å²) < 4.78 is 2.05. The molecular formula is C19H14Cl3N3O2. The van der Waals surface area contributed by atoms with Crippen LogP contribution in [0.25, 0.3) is 17.1 Å². The molecule has 1 aliphatic rings. The van der Waals surface area contributed by atoms with Crippen LogP contribution in [0.2, 0.25) is 15.1 Å². The van der Waals surface area contributed by atoms with E-state index in [4.69, 9.17) is 44.9 Å². The Morgan fingerprint density at radius 3 is 2.67 bits per heavy atom. The van der Waals surface area contributed by atoms with Crippen molar-refractivity contribution in [3.8, 4) is 0 Å². The molecule has 3 aromatic rings. The van der Waals surface area contributed by atoms with Crippen LogP contribution in [0.3, 0.4) is 0 Å². The summed E-state index contributed by atoms with van der Waals surface area (Å²) in [5.74, 6) is -0.287. The van der Waals surface area contributed by atoms with Crippen molar-refractivity contribution in [1.29, 1.82) is 0 Å². The number of aliphatic carboxylic acids is 1. The number of halogens is 3. The van der Waals surface area contributed by atoms with Gasteiger partial charge in [-0.15, -0.1) is 0 Å². The minimum Gasteiger partial charge on any atom is -0.478 e. The molecular weight excluding hydrogens is 409 g/mol. The molecule has 4 rings (SSSR count). The van der Waals surface area contributed by atoms with Crippen molar-refractivity contribution in [2.24, 2.45) is 0 Å². The summed E-state index contributed by atoms with van der Waals surface area (Å²) in [5.41, 5.74) is 3.01. The van der Waals surface area contributed by atoms with Crippen LogP contribution in [0.5, 0.6) is 0 Å². The summed E-state index contributed by atoms with van der Waals surface area (Å²) in [5, 5.41) is 10.6. The highest BCUT2D eigenvalue weighted by Gasteiger charge is 2.26. The Labute approximate surface area is 170 Å². The van der Waals surface area contributed by atoms with Gasteiger partial charge in [0.2, 0.25) is 5.95 Å². The molecule has 2 heterocycles. The summed E-state index contributed by atoms with van der Waals surface area (Å²) in [7, 11) is 0. The SMILES string of the molecule is O=C(O)/C=C/c1ccc(Cl)c2nc3n(c12)CCCN3c1ccc(Cl)cc1Cl. The van der Waals surface area contributed by atoms with Crippen LogP contribution < -0.4 is 4.90 Å². The van der Waals surface area contributed by atoms with Crippen LogP contribution in [0.4, 0.5) is 11.6 Å². The Hall–Kier alpha value is -2.21. The molecule has 0 spiro atoms. The summed E-state index contributed by atoms with van der Waals surface area (Å²) in [6.07, 6.45) is 3.55. The normalized spacial score (nSPS) is 14.1. The molecule has 2 aromatic carbocycles. The van der Waals surface area contributed by atoms with Gasteiger partial charge in [0.05, 0.1) is 21.2 Å². The fraction of sp³-hybridized carbons (Fsp3) is 0.158. The van der Waals surface area contributed by atoms with Crippen molar-refractivity contribution in [1.82, 2.24) is 9.55 Å². The lowest BCUT2D eigenvalue weighted by atomic mass is 10.1. The summed E-state index contributed by atoms with van der Waals surface area (Å²) >= 11 is 18.8. The second-order valence-corrected chi connectivity index (χ2v) is 7.42. The van der Waals surface area contributed by atoms with Gasteiger partial charge in [-0.25, -0.2) is 9.78 Å². The molecule has 8 heteroatoms. The minimum atomic E-state index is -1.01. The van der Waals surface area contributed by atoms with E-state index in [0.717, 1.165) is 48.3 Å². The Kier molecular flexibility index (Phi) is 4.76. The maximum Gasteiger partial charge on any atom is 0.328 e.